The first-order chi connectivity index (χ1) is 19.6. The van der Waals surface area contributed by atoms with Crippen LogP contribution in [-0.2, 0) is 30.4 Å². The summed E-state index contributed by atoms with van der Waals surface area (Å²) in [6.07, 6.45) is 6.06. The van der Waals surface area contributed by atoms with Gasteiger partial charge in [-0.25, -0.2) is 0 Å². The molecule has 0 bridgehead atoms. The minimum atomic E-state index is -0.917. The minimum Gasteiger partial charge on any atom is -0.361 e. The van der Waals surface area contributed by atoms with E-state index in [1.54, 1.807) is 6.92 Å². The highest BCUT2D eigenvalue weighted by Crippen LogP contribution is 2.20. The number of H-pyrrole nitrogens is 1. The van der Waals surface area contributed by atoms with Gasteiger partial charge in [-0.15, -0.1) is 0 Å². The fourth-order valence-electron chi connectivity index (χ4n) is 5.25. The van der Waals surface area contributed by atoms with Gasteiger partial charge in [-0.2, -0.15) is 0 Å². The number of unbranched alkanes of at least 4 members (excludes halogenated alkanes) is 2. The van der Waals surface area contributed by atoms with Crippen LogP contribution in [0.3, 0.4) is 0 Å². The normalized spacial score (nSPS) is 22.7. The van der Waals surface area contributed by atoms with E-state index in [0.29, 0.717) is 38.5 Å². The second kappa shape index (κ2) is 15.3. The van der Waals surface area contributed by atoms with Crippen molar-refractivity contribution in [3.8, 4) is 0 Å². The molecule has 0 spiro atoms. The molecule has 1 saturated heterocycles. The van der Waals surface area contributed by atoms with Crippen LogP contribution in [0.5, 0.6) is 0 Å². The molecule has 2 heterocycles. The predicted molar refractivity (Wildman–Crippen MR) is 158 cm³/mol. The molecule has 1 aromatic heterocycles. The first-order valence-electron chi connectivity index (χ1n) is 14.8. The van der Waals surface area contributed by atoms with Crippen LogP contribution in [0.2, 0.25) is 0 Å². The van der Waals surface area contributed by atoms with E-state index >= 15 is 0 Å². The van der Waals surface area contributed by atoms with Gasteiger partial charge in [-0.05, 0) is 43.7 Å². The van der Waals surface area contributed by atoms with Gasteiger partial charge in [-0.1, -0.05) is 51.8 Å². The van der Waals surface area contributed by atoms with Crippen LogP contribution in [0.4, 0.5) is 0 Å². The Morgan fingerprint density at radius 3 is 2.34 bits per heavy atom. The molecule has 5 N–H and O–H groups in total. The van der Waals surface area contributed by atoms with E-state index in [9.17, 15) is 24.0 Å². The maximum absolute atomic E-state index is 13.7. The number of carbonyl (C=O) groups excluding carboxylic acids is 5. The van der Waals surface area contributed by atoms with Gasteiger partial charge in [0.15, 0.2) is 0 Å². The van der Waals surface area contributed by atoms with Crippen molar-refractivity contribution in [2.45, 2.75) is 110 Å². The van der Waals surface area contributed by atoms with Crippen LogP contribution in [0.1, 0.15) is 84.6 Å². The fraction of sp³-hybridized carbons (Fsp3) is 0.581. The summed E-state index contributed by atoms with van der Waals surface area (Å²) >= 11 is 0. The monoisotopic (exact) mass is 567 g/mol. The summed E-state index contributed by atoms with van der Waals surface area (Å²) in [5.41, 5.74) is 1.80. The number of fused-ring (bicyclic) bond motifs is 1. The summed E-state index contributed by atoms with van der Waals surface area (Å²) in [6.45, 7) is 7.43. The summed E-state index contributed by atoms with van der Waals surface area (Å²) < 4.78 is 0. The maximum Gasteiger partial charge on any atom is 0.243 e. The van der Waals surface area contributed by atoms with Crippen molar-refractivity contribution in [2.75, 3.05) is 0 Å². The van der Waals surface area contributed by atoms with Gasteiger partial charge in [-0.3, -0.25) is 24.0 Å². The van der Waals surface area contributed by atoms with Crippen molar-refractivity contribution in [1.82, 2.24) is 26.3 Å². The van der Waals surface area contributed by atoms with Gasteiger partial charge < -0.3 is 26.3 Å². The number of aromatic amines is 1. The van der Waals surface area contributed by atoms with Gasteiger partial charge in [0.2, 0.25) is 23.6 Å². The molecule has 1 aliphatic rings. The number of aromatic nitrogens is 1. The third-order valence-electron chi connectivity index (χ3n) is 7.51. The summed E-state index contributed by atoms with van der Waals surface area (Å²) in [7, 11) is 0. The number of ketones is 1. The first-order valence-corrected chi connectivity index (χ1v) is 14.8. The highest BCUT2D eigenvalue weighted by Gasteiger charge is 2.31. The fourth-order valence-corrected chi connectivity index (χ4v) is 5.25. The molecular formula is C31H45N5O5. The van der Waals surface area contributed by atoms with Crippen molar-refractivity contribution in [1.29, 1.82) is 0 Å². The third kappa shape index (κ3) is 9.72. The molecule has 10 nitrogen and oxygen atoms in total. The molecule has 0 unspecified atom stereocenters. The molecule has 1 fully saturated rings. The van der Waals surface area contributed by atoms with E-state index in [1.807, 2.05) is 51.2 Å². The largest absolute Gasteiger partial charge is 0.361 e. The average molecular weight is 568 g/mol. The minimum absolute atomic E-state index is 0.0230. The zero-order chi connectivity index (χ0) is 29.9. The lowest BCUT2D eigenvalue weighted by molar-refractivity contribution is -0.133. The Morgan fingerprint density at radius 2 is 1.61 bits per heavy atom. The molecule has 10 heteroatoms. The lowest BCUT2D eigenvalue weighted by Crippen LogP contribution is -2.56. The number of benzene rings is 1. The van der Waals surface area contributed by atoms with Gasteiger partial charge in [0.1, 0.15) is 23.9 Å². The second-order valence-corrected chi connectivity index (χ2v) is 11.5. The zero-order valence-electron chi connectivity index (χ0n) is 24.7. The van der Waals surface area contributed by atoms with E-state index in [1.165, 1.54) is 0 Å². The topological polar surface area (TPSA) is 149 Å². The molecule has 224 valence electrons. The number of amides is 4. The van der Waals surface area contributed by atoms with E-state index in [4.69, 9.17) is 0 Å². The molecule has 3 rings (SSSR count). The van der Waals surface area contributed by atoms with Crippen molar-refractivity contribution >= 4 is 40.3 Å². The first kappa shape index (κ1) is 31.8. The Hall–Kier alpha value is -3.69. The van der Waals surface area contributed by atoms with Crippen molar-refractivity contribution in [2.24, 2.45) is 5.92 Å². The van der Waals surface area contributed by atoms with Crippen LogP contribution in [0, 0.1) is 5.92 Å². The van der Waals surface area contributed by atoms with Crippen LogP contribution < -0.4 is 21.3 Å². The molecule has 1 aliphatic heterocycles. The molecule has 1 aromatic carbocycles. The lowest BCUT2D eigenvalue weighted by Gasteiger charge is -2.25. The van der Waals surface area contributed by atoms with Crippen LogP contribution in [-0.4, -0.2) is 58.6 Å². The molecule has 4 amide bonds. The van der Waals surface area contributed by atoms with Gasteiger partial charge in [0.25, 0.3) is 0 Å². The van der Waals surface area contributed by atoms with E-state index in [0.717, 1.165) is 22.9 Å². The molecule has 41 heavy (non-hydrogen) atoms. The van der Waals surface area contributed by atoms with Gasteiger partial charge >= 0.3 is 0 Å². The standard InChI is InChI=1S/C31H45N5O5/c1-5-23(37)11-7-6-8-14-26-30(40)36-27(16-21-18-32-25-13-10-9-12-24(21)25)31(41)34-22(15-19(2)3)17-28(38)33-20(4)29(39)35-26/h9-10,12-13,18-20,22,26-27,32H,5-8,11,14-17H2,1-4H3,(H,33,38)(H,34,41)(H,35,39)(H,36,40)/t20-,22-,26-,27+/m0/s1. The lowest BCUT2D eigenvalue weighted by atomic mass is 9.98. The quantitative estimate of drug-likeness (QED) is 0.265. The third-order valence-corrected chi connectivity index (χ3v) is 7.51. The highest BCUT2D eigenvalue weighted by molar-refractivity contribution is 5.95. The van der Waals surface area contributed by atoms with Crippen LogP contribution in [0.25, 0.3) is 10.9 Å². The Balaban J connectivity index is 1.86. The number of hydrogen-bond donors (Lipinski definition) is 5. The van der Waals surface area contributed by atoms with Crippen molar-refractivity contribution in [3.05, 3.63) is 36.0 Å². The molecule has 0 saturated carbocycles. The molecule has 2 aromatic rings. The number of nitrogens with one attached hydrogen (secondary N) is 5. The van der Waals surface area contributed by atoms with Gasteiger partial charge in [0, 0.05) is 48.8 Å². The van der Waals surface area contributed by atoms with Crippen molar-refractivity contribution in [3.63, 3.8) is 0 Å². The average Bonchev–Trinajstić information content (AvgIpc) is 3.33. The second-order valence-electron chi connectivity index (χ2n) is 11.5. The van der Waals surface area contributed by atoms with Gasteiger partial charge in [0.05, 0.1) is 0 Å². The Bertz CT molecular complexity index is 1220. The maximum atomic E-state index is 13.7. The zero-order valence-corrected chi connectivity index (χ0v) is 24.7. The molecular weight excluding hydrogens is 522 g/mol. The number of hydrogen-bond acceptors (Lipinski definition) is 5. The highest BCUT2D eigenvalue weighted by atomic mass is 16.2. The smallest absolute Gasteiger partial charge is 0.243 e. The number of rotatable bonds is 11. The number of carbonyl (C=O) groups is 5. The van der Waals surface area contributed by atoms with Crippen molar-refractivity contribution < 1.29 is 24.0 Å². The van der Waals surface area contributed by atoms with E-state index in [2.05, 4.69) is 26.3 Å². The summed E-state index contributed by atoms with van der Waals surface area (Å²) in [5.74, 6) is -1.24. The van der Waals surface area contributed by atoms with Crippen LogP contribution >= 0.6 is 0 Å². The molecule has 0 aliphatic carbocycles. The Kier molecular flexibility index (Phi) is 11.9. The van der Waals surface area contributed by atoms with E-state index in [-0.39, 0.29) is 36.4 Å². The SMILES string of the molecule is CCC(=O)CCCCC[C@@H]1NC(=O)[C@H](C)NC(=O)C[C@H](CC(C)C)NC(=O)[C@@H](Cc2c[nH]c3ccccc23)NC1=O. The van der Waals surface area contributed by atoms with Crippen LogP contribution in [0.15, 0.2) is 30.5 Å². The number of Topliss-reactive ketones (excluding diaryl/α,β-unsaturated/α-hetero) is 1. The number of para-hydroxylation sites is 1. The van der Waals surface area contributed by atoms with E-state index < -0.39 is 36.0 Å². The molecule has 0 radical (unpaired) electrons. The Morgan fingerprint density at radius 1 is 0.902 bits per heavy atom. The summed E-state index contributed by atoms with van der Waals surface area (Å²) in [4.78, 5) is 68.0. The molecule has 4 atom stereocenters. The Labute approximate surface area is 242 Å². The summed E-state index contributed by atoms with van der Waals surface area (Å²) in [5, 5.41) is 12.4. The predicted octanol–water partition coefficient (Wildman–Crippen LogP) is 3.05. The summed E-state index contributed by atoms with van der Waals surface area (Å²) in [6, 6.07) is 4.62.